The molecule has 1 aliphatic carbocycles. The first-order chi connectivity index (χ1) is 8.75. The lowest BCUT2D eigenvalue weighted by atomic mass is 10.3. The third-order valence-corrected chi connectivity index (χ3v) is 3.27. The summed E-state index contributed by atoms with van der Waals surface area (Å²) in [5, 5.41) is 2.83. The van der Waals surface area contributed by atoms with Crippen LogP contribution in [0.15, 0.2) is 24.3 Å². The maximum Gasteiger partial charge on any atom is 0.352 e. The summed E-state index contributed by atoms with van der Waals surface area (Å²) in [5.74, 6) is 0.920. The van der Waals surface area contributed by atoms with Crippen LogP contribution in [-0.4, -0.2) is 23.4 Å². The second kappa shape index (κ2) is 4.40. The maximum atomic E-state index is 11.9. The summed E-state index contributed by atoms with van der Waals surface area (Å²) in [6.45, 7) is 0.479. The van der Waals surface area contributed by atoms with Gasteiger partial charge in [-0.25, -0.2) is 0 Å². The first-order valence-corrected chi connectivity index (χ1v) is 6.25. The number of nitroso groups, excluding NO2 is 1. The molecule has 94 valence electrons. The monoisotopic (exact) mass is 247 g/mol. The molecule has 1 unspecified atom stereocenters. The molecule has 0 saturated heterocycles. The highest BCUT2D eigenvalue weighted by molar-refractivity contribution is 5.80. The van der Waals surface area contributed by atoms with Crippen molar-refractivity contribution in [1.29, 1.82) is 0 Å². The standard InChI is InChI=1S/C13H14N2O3/c16-13(9-5-6-9)14-8-7-12-15(17)10-3-1-2-4-11(10)18-12/h1-4,9,12H,5-8H2/p+1. The van der Waals surface area contributed by atoms with Crippen molar-refractivity contribution in [1.82, 2.24) is 5.32 Å². The second-order valence-electron chi connectivity index (χ2n) is 4.72. The van der Waals surface area contributed by atoms with E-state index in [1.54, 1.807) is 12.1 Å². The third-order valence-electron chi connectivity index (χ3n) is 3.27. The van der Waals surface area contributed by atoms with Crippen LogP contribution < -0.4 is 10.1 Å². The van der Waals surface area contributed by atoms with Crippen molar-refractivity contribution >= 4 is 11.6 Å². The number of ether oxygens (including phenoxy) is 1. The molecule has 18 heavy (non-hydrogen) atoms. The number of nitrogens with zero attached hydrogens (tertiary/aromatic N) is 1. The zero-order chi connectivity index (χ0) is 12.5. The number of hydrogen-bond donors (Lipinski definition) is 1. The van der Waals surface area contributed by atoms with Gasteiger partial charge in [0.2, 0.25) is 11.7 Å². The van der Waals surface area contributed by atoms with Gasteiger partial charge in [0.15, 0.2) is 0 Å². The largest absolute Gasteiger partial charge is 0.423 e. The van der Waals surface area contributed by atoms with Gasteiger partial charge in [0.1, 0.15) is 0 Å². The maximum absolute atomic E-state index is 11.9. The number of nitrogens with one attached hydrogen (secondary N) is 1. The number of hydrogen-bond acceptors (Lipinski definition) is 3. The summed E-state index contributed by atoms with van der Waals surface area (Å²) >= 11 is 0. The Hall–Kier alpha value is -1.91. The highest BCUT2D eigenvalue weighted by atomic mass is 16.5. The van der Waals surface area contributed by atoms with Crippen LogP contribution in [0.5, 0.6) is 5.75 Å². The smallest absolute Gasteiger partial charge is 0.352 e. The molecular formula is C13H15N2O3+. The van der Waals surface area contributed by atoms with Crippen LogP contribution in [0.25, 0.3) is 0 Å². The molecular weight excluding hydrogens is 232 g/mol. The zero-order valence-corrected chi connectivity index (χ0v) is 9.96. The molecule has 5 nitrogen and oxygen atoms in total. The number of carbonyl (C=O) groups is 1. The van der Waals surface area contributed by atoms with E-state index in [9.17, 15) is 9.70 Å². The van der Waals surface area contributed by atoms with Crippen molar-refractivity contribution in [2.75, 3.05) is 6.54 Å². The van der Waals surface area contributed by atoms with Crippen molar-refractivity contribution in [3.63, 3.8) is 0 Å². The van der Waals surface area contributed by atoms with Crippen LogP contribution in [0.4, 0.5) is 5.69 Å². The Kier molecular flexibility index (Phi) is 2.74. The number of benzene rings is 1. The summed E-state index contributed by atoms with van der Waals surface area (Å²) < 4.78 is 6.41. The van der Waals surface area contributed by atoms with Crippen molar-refractivity contribution in [2.24, 2.45) is 5.92 Å². The molecule has 0 bridgehead atoms. The van der Waals surface area contributed by atoms with Gasteiger partial charge in [0.05, 0.1) is 11.2 Å². The SMILES string of the molecule is O=C(NCCC1Oc2ccccc2[N+]1=O)C1CC1. The van der Waals surface area contributed by atoms with Crippen molar-refractivity contribution < 1.29 is 14.3 Å². The Morgan fingerprint density at radius 2 is 2.17 bits per heavy atom. The summed E-state index contributed by atoms with van der Waals surface area (Å²) in [7, 11) is 0. The Bertz CT molecular complexity index is 497. The van der Waals surface area contributed by atoms with Gasteiger partial charge in [-0.05, 0) is 18.9 Å². The van der Waals surface area contributed by atoms with Gasteiger partial charge in [-0.15, -0.1) is 0 Å². The fourth-order valence-corrected chi connectivity index (χ4v) is 2.07. The summed E-state index contributed by atoms with van der Waals surface area (Å²) in [4.78, 5) is 23.3. The van der Waals surface area contributed by atoms with Gasteiger partial charge in [-0.3, -0.25) is 4.79 Å². The molecule has 1 fully saturated rings. The van der Waals surface area contributed by atoms with E-state index in [2.05, 4.69) is 5.32 Å². The number of amides is 1. The number of carbonyl (C=O) groups excluding carboxylic acids is 1. The van der Waals surface area contributed by atoms with E-state index in [-0.39, 0.29) is 11.8 Å². The molecule has 1 aliphatic heterocycles. The zero-order valence-electron chi connectivity index (χ0n) is 9.96. The van der Waals surface area contributed by atoms with E-state index in [4.69, 9.17) is 4.74 Å². The van der Waals surface area contributed by atoms with Crippen LogP contribution >= 0.6 is 0 Å². The number of fused-ring (bicyclic) bond motifs is 1. The molecule has 1 aromatic rings. The molecule has 1 atom stereocenters. The van der Waals surface area contributed by atoms with Crippen LogP contribution in [0.1, 0.15) is 19.3 Å². The number of para-hydroxylation sites is 2. The lowest BCUT2D eigenvalue weighted by Crippen LogP contribution is -2.31. The van der Waals surface area contributed by atoms with Crippen molar-refractivity contribution in [3.05, 3.63) is 29.2 Å². The third kappa shape index (κ3) is 2.08. The van der Waals surface area contributed by atoms with Gasteiger partial charge < -0.3 is 10.1 Å². The highest BCUT2D eigenvalue weighted by Crippen LogP contribution is 2.35. The summed E-state index contributed by atoms with van der Waals surface area (Å²) in [5.41, 5.74) is 0.566. The molecule has 1 aromatic carbocycles. The Balaban J connectivity index is 1.53. The van der Waals surface area contributed by atoms with Crippen molar-refractivity contribution in [2.45, 2.75) is 25.5 Å². The van der Waals surface area contributed by atoms with Crippen LogP contribution in [0, 0.1) is 10.8 Å². The fraction of sp³-hybridized carbons (Fsp3) is 0.462. The predicted molar refractivity (Wildman–Crippen MR) is 64.5 cm³/mol. The number of rotatable bonds is 4. The molecule has 2 aliphatic rings. The van der Waals surface area contributed by atoms with E-state index in [1.165, 1.54) is 0 Å². The Morgan fingerprint density at radius 3 is 2.89 bits per heavy atom. The van der Waals surface area contributed by atoms with Crippen LogP contribution in [0.2, 0.25) is 0 Å². The van der Waals surface area contributed by atoms with E-state index in [1.807, 2.05) is 12.1 Å². The minimum Gasteiger partial charge on any atom is -0.423 e. The van der Waals surface area contributed by atoms with E-state index in [0.29, 0.717) is 24.4 Å². The summed E-state index contributed by atoms with van der Waals surface area (Å²) in [6.07, 6.45) is 1.95. The molecule has 1 heterocycles. The molecule has 1 amide bonds. The fourth-order valence-electron chi connectivity index (χ4n) is 2.07. The minimum absolute atomic E-state index is 0.1000. The van der Waals surface area contributed by atoms with Gasteiger partial charge in [-0.2, -0.15) is 0 Å². The van der Waals surface area contributed by atoms with Crippen molar-refractivity contribution in [3.8, 4) is 5.75 Å². The topological polar surface area (TPSA) is 58.4 Å². The highest BCUT2D eigenvalue weighted by Gasteiger charge is 2.40. The van der Waals surface area contributed by atoms with Gasteiger partial charge in [0, 0.05) is 23.4 Å². The molecule has 1 saturated carbocycles. The Morgan fingerprint density at radius 1 is 1.39 bits per heavy atom. The van der Waals surface area contributed by atoms with Crippen LogP contribution in [0.3, 0.4) is 0 Å². The lowest BCUT2D eigenvalue weighted by molar-refractivity contribution is -0.529. The van der Waals surface area contributed by atoms with Gasteiger partial charge >= 0.3 is 11.9 Å². The average Bonchev–Trinajstić information content (AvgIpc) is 3.17. The second-order valence-corrected chi connectivity index (χ2v) is 4.72. The Labute approximate surface area is 105 Å². The van der Waals surface area contributed by atoms with E-state index < -0.39 is 6.23 Å². The molecule has 5 heteroatoms. The predicted octanol–water partition coefficient (Wildman–Crippen LogP) is 1.73. The van der Waals surface area contributed by atoms with E-state index >= 15 is 0 Å². The molecule has 0 radical (unpaired) electrons. The quantitative estimate of drug-likeness (QED) is 0.824. The van der Waals surface area contributed by atoms with Crippen LogP contribution in [-0.2, 0) is 4.79 Å². The molecule has 1 N–H and O–H groups in total. The normalized spacial score (nSPS) is 21.3. The lowest BCUT2D eigenvalue weighted by Gasteiger charge is -2.04. The first-order valence-electron chi connectivity index (χ1n) is 6.25. The van der Waals surface area contributed by atoms with Gasteiger partial charge in [0.25, 0.3) is 0 Å². The first kappa shape index (κ1) is 11.2. The molecule has 3 rings (SSSR count). The molecule has 0 aromatic heterocycles. The molecule has 0 spiro atoms. The minimum atomic E-state index is -0.526. The van der Waals surface area contributed by atoms with Gasteiger partial charge in [-0.1, -0.05) is 12.1 Å². The van der Waals surface area contributed by atoms with E-state index in [0.717, 1.165) is 17.6 Å². The summed E-state index contributed by atoms with van der Waals surface area (Å²) in [6, 6.07) is 7.17. The average molecular weight is 247 g/mol.